The molecule has 0 bridgehead atoms. The Morgan fingerprint density at radius 2 is 1.67 bits per heavy atom. The molecule has 2 aliphatic heterocycles. The lowest BCUT2D eigenvalue weighted by Crippen LogP contribution is -2.49. The van der Waals surface area contributed by atoms with Crippen LogP contribution in [0.5, 0.6) is 0 Å². The number of aliphatic carboxylic acids is 1. The predicted octanol–water partition coefficient (Wildman–Crippen LogP) is 2.65. The molecule has 0 unspecified atom stereocenters. The fraction of sp³-hybridized carbons (Fsp3) is 0.609. The van der Waals surface area contributed by atoms with Crippen LogP contribution < -0.4 is 0 Å². The number of halogens is 3. The largest absolute Gasteiger partial charge is 0.490 e. The van der Waals surface area contributed by atoms with E-state index in [4.69, 9.17) is 9.90 Å². The van der Waals surface area contributed by atoms with Gasteiger partial charge in [-0.2, -0.15) is 13.2 Å². The summed E-state index contributed by atoms with van der Waals surface area (Å²) in [7, 11) is 3.71. The molecule has 2 fully saturated rings. The van der Waals surface area contributed by atoms with Gasteiger partial charge in [-0.15, -0.1) is 0 Å². The van der Waals surface area contributed by atoms with Crippen molar-refractivity contribution in [3.63, 3.8) is 0 Å². The van der Waals surface area contributed by atoms with Crippen molar-refractivity contribution in [1.82, 2.24) is 14.7 Å². The topological polar surface area (TPSA) is 81.2 Å². The number of carbonyl (C=O) groups excluding carboxylic acids is 2. The molecule has 7 nitrogen and oxygen atoms in total. The van der Waals surface area contributed by atoms with Crippen molar-refractivity contribution in [3.8, 4) is 0 Å². The molecule has 1 aromatic carbocycles. The van der Waals surface area contributed by atoms with Gasteiger partial charge in [0.25, 0.3) is 0 Å². The first kappa shape index (κ1) is 26.6. The van der Waals surface area contributed by atoms with Crippen LogP contribution in [0.3, 0.4) is 0 Å². The number of amides is 2. The van der Waals surface area contributed by atoms with Crippen LogP contribution in [-0.2, 0) is 20.8 Å². The standard InChI is InChI=1S/C21H31N3O2.C2HF3O2/c1-4-23-14-11-21(20(26)22(2)3)12-15-24(13-10-18(21)23)19(25)16-17-8-6-5-7-9-17;3-2(4,5)1(6)7/h5-9,18H,4,10-16H2,1-3H3;(H,6,7)/t18-,21-;/m1./s1. The summed E-state index contributed by atoms with van der Waals surface area (Å²) in [5, 5.41) is 7.12. The molecule has 3 rings (SSSR count). The van der Waals surface area contributed by atoms with Gasteiger partial charge in [0, 0.05) is 33.2 Å². The molecule has 2 saturated heterocycles. The molecule has 0 spiro atoms. The molecule has 1 N–H and O–H groups in total. The molecule has 2 atom stereocenters. The Morgan fingerprint density at radius 1 is 1.09 bits per heavy atom. The molecule has 10 heteroatoms. The van der Waals surface area contributed by atoms with Gasteiger partial charge in [-0.1, -0.05) is 37.3 Å². The average molecular weight is 472 g/mol. The second-order valence-electron chi connectivity index (χ2n) is 8.63. The quantitative estimate of drug-likeness (QED) is 0.730. The summed E-state index contributed by atoms with van der Waals surface area (Å²) in [6, 6.07) is 10.2. The van der Waals surface area contributed by atoms with Crippen LogP contribution in [-0.4, -0.2) is 90.1 Å². The number of hydrogen-bond acceptors (Lipinski definition) is 4. The van der Waals surface area contributed by atoms with Crippen molar-refractivity contribution in [3.05, 3.63) is 35.9 Å². The summed E-state index contributed by atoms with van der Waals surface area (Å²) in [6.07, 6.45) is -2.08. The highest BCUT2D eigenvalue weighted by molar-refractivity contribution is 5.84. The monoisotopic (exact) mass is 471 g/mol. The van der Waals surface area contributed by atoms with Crippen LogP contribution in [0.4, 0.5) is 13.2 Å². The van der Waals surface area contributed by atoms with E-state index in [0.717, 1.165) is 44.5 Å². The Bertz CT molecular complexity index is 832. The number of fused-ring (bicyclic) bond motifs is 1. The number of hydrogen-bond donors (Lipinski definition) is 1. The van der Waals surface area contributed by atoms with Gasteiger partial charge in [0.05, 0.1) is 11.8 Å². The minimum Gasteiger partial charge on any atom is -0.475 e. The second-order valence-corrected chi connectivity index (χ2v) is 8.63. The summed E-state index contributed by atoms with van der Waals surface area (Å²) >= 11 is 0. The lowest BCUT2D eigenvalue weighted by Gasteiger charge is -2.37. The van der Waals surface area contributed by atoms with Crippen molar-refractivity contribution >= 4 is 17.8 Å². The molecule has 0 aromatic heterocycles. The Balaban J connectivity index is 0.000000479. The Hall–Kier alpha value is -2.62. The van der Waals surface area contributed by atoms with E-state index < -0.39 is 12.1 Å². The Kier molecular flexibility index (Phi) is 8.88. The minimum atomic E-state index is -5.08. The fourth-order valence-corrected chi connectivity index (χ4v) is 4.80. The van der Waals surface area contributed by atoms with Crippen LogP contribution in [0.2, 0.25) is 0 Å². The van der Waals surface area contributed by atoms with Gasteiger partial charge in [-0.25, -0.2) is 4.79 Å². The molecule has 2 heterocycles. The van der Waals surface area contributed by atoms with Crippen molar-refractivity contribution < 1.29 is 32.7 Å². The average Bonchev–Trinajstić information content (AvgIpc) is 3.00. The first-order chi connectivity index (χ1) is 15.4. The maximum absolute atomic E-state index is 13.1. The van der Waals surface area contributed by atoms with Gasteiger partial charge in [0.15, 0.2) is 0 Å². The normalized spacial score (nSPS) is 23.1. The summed E-state index contributed by atoms with van der Waals surface area (Å²) in [4.78, 5) is 40.9. The van der Waals surface area contributed by atoms with Crippen molar-refractivity contribution in [2.24, 2.45) is 5.41 Å². The lowest BCUT2D eigenvalue weighted by molar-refractivity contribution is -0.192. The fourth-order valence-electron chi connectivity index (χ4n) is 4.80. The van der Waals surface area contributed by atoms with Crippen LogP contribution in [0.25, 0.3) is 0 Å². The number of alkyl halides is 3. The summed E-state index contributed by atoms with van der Waals surface area (Å²) in [5.74, 6) is -2.35. The van der Waals surface area contributed by atoms with Crippen LogP contribution in [0.15, 0.2) is 30.3 Å². The molecule has 2 amide bonds. The van der Waals surface area contributed by atoms with Gasteiger partial charge in [0.1, 0.15) is 0 Å². The molecule has 184 valence electrons. The zero-order valence-corrected chi connectivity index (χ0v) is 19.3. The number of carboxylic acid groups (broad SMARTS) is 1. The van der Waals surface area contributed by atoms with E-state index >= 15 is 0 Å². The zero-order valence-electron chi connectivity index (χ0n) is 19.3. The van der Waals surface area contributed by atoms with Crippen molar-refractivity contribution in [2.75, 3.05) is 40.3 Å². The predicted molar refractivity (Wildman–Crippen MR) is 116 cm³/mol. The maximum Gasteiger partial charge on any atom is 0.490 e. The molecular formula is C23H32F3N3O4. The SMILES string of the molecule is CCN1CC[C@@]2(C(=O)N(C)C)CCN(C(=O)Cc3ccccc3)CC[C@@H]12.O=C(O)C(F)(F)F. The molecule has 33 heavy (non-hydrogen) atoms. The number of carboxylic acids is 1. The number of carbonyl (C=O) groups is 3. The van der Waals surface area contributed by atoms with E-state index in [1.807, 2.05) is 49.3 Å². The molecule has 2 aliphatic rings. The zero-order chi connectivity index (χ0) is 24.8. The third-order valence-corrected chi connectivity index (χ3v) is 6.46. The van der Waals surface area contributed by atoms with Crippen LogP contribution >= 0.6 is 0 Å². The molecule has 0 saturated carbocycles. The third kappa shape index (κ3) is 6.46. The summed E-state index contributed by atoms with van der Waals surface area (Å²) in [5.41, 5.74) is 0.720. The molecule has 0 radical (unpaired) electrons. The van der Waals surface area contributed by atoms with E-state index in [1.54, 1.807) is 4.90 Å². The molecule has 1 aromatic rings. The van der Waals surface area contributed by atoms with Gasteiger partial charge in [-0.3, -0.25) is 14.5 Å². The highest BCUT2D eigenvalue weighted by Gasteiger charge is 2.53. The van der Waals surface area contributed by atoms with Crippen molar-refractivity contribution in [1.29, 1.82) is 0 Å². The molecular weight excluding hydrogens is 439 g/mol. The minimum absolute atomic E-state index is 0.173. The summed E-state index contributed by atoms with van der Waals surface area (Å²) in [6.45, 7) is 5.54. The first-order valence-corrected chi connectivity index (χ1v) is 11.0. The van der Waals surface area contributed by atoms with E-state index in [9.17, 15) is 22.8 Å². The van der Waals surface area contributed by atoms with E-state index in [0.29, 0.717) is 13.0 Å². The van der Waals surface area contributed by atoms with Crippen molar-refractivity contribution in [2.45, 2.75) is 44.8 Å². The maximum atomic E-state index is 13.1. The van der Waals surface area contributed by atoms with Gasteiger partial charge in [-0.05, 0) is 37.9 Å². The number of benzene rings is 1. The second kappa shape index (κ2) is 11.0. The third-order valence-electron chi connectivity index (χ3n) is 6.46. The highest BCUT2D eigenvalue weighted by Crippen LogP contribution is 2.44. The number of rotatable bonds is 4. The van der Waals surface area contributed by atoms with Gasteiger partial charge >= 0.3 is 12.1 Å². The summed E-state index contributed by atoms with van der Waals surface area (Å²) < 4.78 is 31.7. The molecule has 0 aliphatic carbocycles. The smallest absolute Gasteiger partial charge is 0.475 e. The Morgan fingerprint density at radius 3 is 2.18 bits per heavy atom. The van der Waals surface area contributed by atoms with Gasteiger partial charge < -0.3 is 14.9 Å². The first-order valence-electron chi connectivity index (χ1n) is 11.0. The van der Waals surface area contributed by atoms with Gasteiger partial charge in [0.2, 0.25) is 11.8 Å². The number of nitrogens with zero attached hydrogens (tertiary/aromatic N) is 3. The van der Waals surface area contributed by atoms with E-state index in [-0.39, 0.29) is 23.3 Å². The highest BCUT2D eigenvalue weighted by atomic mass is 19.4. The lowest BCUT2D eigenvalue weighted by atomic mass is 9.75. The van der Waals surface area contributed by atoms with E-state index in [2.05, 4.69) is 11.8 Å². The van der Waals surface area contributed by atoms with E-state index in [1.165, 1.54) is 0 Å². The number of likely N-dealkylation sites (tertiary alicyclic amines) is 2. The Labute approximate surface area is 192 Å². The van der Waals surface area contributed by atoms with Crippen LogP contribution in [0, 0.1) is 5.41 Å². The van der Waals surface area contributed by atoms with Crippen LogP contribution in [0.1, 0.15) is 31.7 Å².